The molecule has 0 spiro atoms. The van der Waals surface area contributed by atoms with E-state index in [4.69, 9.17) is 5.73 Å². The van der Waals surface area contributed by atoms with Gasteiger partial charge in [0.05, 0.1) is 17.7 Å². The Kier molecular flexibility index (Phi) is 5.23. The molecule has 2 aromatic rings. The fourth-order valence-corrected chi connectivity index (χ4v) is 4.24. The van der Waals surface area contributed by atoms with Crippen molar-refractivity contribution in [3.8, 4) is 0 Å². The van der Waals surface area contributed by atoms with Gasteiger partial charge >= 0.3 is 0 Å². The van der Waals surface area contributed by atoms with E-state index in [1.54, 1.807) is 0 Å². The third-order valence-corrected chi connectivity index (χ3v) is 5.53. The van der Waals surface area contributed by atoms with Gasteiger partial charge in [0, 0.05) is 35.6 Å². The van der Waals surface area contributed by atoms with E-state index in [1.807, 2.05) is 31.4 Å². The van der Waals surface area contributed by atoms with Crippen molar-refractivity contribution in [1.29, 1.82) is 5.41 Å². The molecular weight excluding hydrogens is 358 g/mol. The first-order chi connectivity index (χ1) is 14.1. The lowest BCUT2D eigenvalue weighted by molar-refractivity contribution is 0.740. The zero-order valence-corrected chi connectivity index (χ0v) is 16.6. The van der Waals surface area contributed by atoms with Crippen molar-refractivity contribution in [2.75, 3.05) is 18.9 Å². The molecule has 0 radical (unpaired) electrons. The van der Waals surface area contributed by atoms with Gasteiger partial charge in [-0.1, -0.05) is 49.1 Å². The predicted molar refractivity (Wildman–Crippen MR) is 121 cm³/mol. The molecule has 148 valence electrons. The topological polar surface area (TPSA) is 86.0 Å². The molecule has 0 aliphatic carbocycles. The third-order valence-electron chi connectivity index (χ3n) is 5.53. The maximum Gasteiger partial charge on any atom is 0.0636 e. The Bertz CT molecular complexity index is 1020. The highest BCUT2D eigenvalue weighted by Crippen LogP contribution is 2.40. The van der Waals surface area contributed by atoms with Gasteiger partial charge in [-0.3, -0.25) is 0 Å². The molecule has 0 amide bonds. The van der Waals surface area contributed by atoms with Crippen molar-refractivity contribution in [3.63, 3.8) is 0 Å². The van der Waals surface area contributed by atoms with E-state index in [-0.39, 0.29) is 12.0 Å². The standard InChI is InChI=1S/C24H27N5/c1-15(25)19-7-4-8-20-22(19)23(26)21(18-6-3-5-16(13-18)14-27-2)24(29-20)17-9-11-28-12-10-17/h3-11,13,21,24,26-29H,1,12,14,25H2,2H3. The number of anilines is 1. The zero-order chi connectivity index (χ0) is 20.4. The normalized spacial score (nSPS) is 20.3. The van der Waals surface area contributed by atoms with E-state index in [9.17, 15) is 5.41 Å². The lowest BCUT2D eigenvalue weighted by atomic mass is 9.75. The lowest BCUT2D eigenvalue weighted by Crippen LogP contribution is -2.40. The molecule has 2 aliphatic heterocycles. The van der Waals surface area contributed by atoms with E-state index >= 15 is 0 Å². The first kappa shape index (κ1) is 19.0. The summed E-state index contributed by atoms with van der Waals surface area (Å²) in [6, 6.07) is 14.4. The Morgan fingerprint density at radius 3 is 2.83 bits per heavy atom. The molecule has 4 rings (SSSR count). The summed E-state index contributed by atoms with van der Waals surface area (Å²) in [6.07, 6.45) is 6.25. The second-order valence-corrected chi connectivity index (χ2v) is 7.49. The van der Waals surface area contributed by atoms with Gasteiger partial charge in [-0.05, 0) is 42.1 Å². The molecule has 2 aromatic carbocycles. The second-order valence-electron chi connectivity index (χ2n) is 7.49. The minimum absolute atomic E-state index is 0.0283. The average molecular weight is 386 g/mol. The minimum Gasteiger partial charge on any atom is -0.399 e. The van der Waals surface area contributed by atoms with Crippen molar-refractivity contribution >= 4 is 17.1 Å². The van der Waals surface area contributed by atoms with Crippen LogP contribution in [0.5, 0.6) is 0 Å². The van der Waals surface area contributed by atoms with Crippen molar-refractivity contribution in [2.24, 2.45) is 5.73 Å². The monoisotopic (exact) mass is 385 g/mol. The number of nitrogens with one attached hydrogen (secondary N) is 4. The molecule has 2 heterocycles. The Morgan fingerprint density at radius 2 is 2.10 bits per heavy atom. The fourth-order valence-electron chi connectivity index (χ4n) is 4.24. The SMILES string of the molecule is C=C(N)c1cccc2c1C(=N)C(c1cccc(CNC)c1)C(C1=CCNC=C1)N2. The molecule has 5 nitrogen and oxygen atoms in total. The first-order valence-corrected chi connectivity index (χ1v) is 9.86. The molecule has 0 saturated carbocycles. The van der Waals surface area contributed by atoms with Crippen molar-refractivity contribution in [3.05, 3.63) is 95.2 Å². The van der Waals surface area contributed by atoms with Crippen LogP contribution in [0.15, 0.2) is 73.0 Å². The molecule has 0 fully saturated rings. The summed E-state index contributed by atoms with van der Waals surface area (Å²) in [5.74, 6) is -0.131. The highest BCUT2D eigenvalue weighted by Gasteiger charge is 2.37. The van der Waals surface area contributed by atoms with Crippen LogP contribution in [-0.4, -0.2) is 25.3 Å². The molecular formula is C24H27N5. The van der Waals surface area contributed by atoms with E-state index in [1.165, 1.54) is 11.1 Å². The van der Waals surface area contributed by atoms with Crippen LogP contribution in [-0.2, 0) is 6.54 Å². The molecule has 29 heavy (non-hydrogen) atoms. The van der Waals surface area contributed by atoms with E-state index in [0.717, 1.165) is 35.5 Å². The number of rotatable bonds is 5. The summed E-state index contributed by atoms with van der Waals surface area (Å²) < 4.78 is 0. The highest BCUT2D eigenvalue weighted by atomic mass is 15.0. The summed E-state index contributed by atoms with van der Waals surface area (Å²) in [5.41, 5.74) is 13.2. The number of nitrogens with two attached hydrogens (primary N) is 1. The van der Waals surface area contributed by atoms with Crippen LogP contribution >= 0.6 is 0 Å². The molecule has 0 aromatic heterocycles. The molecule has 0 saturated heterocycles. The van der Waals surface area contributed by atoms with Crippen LogP contribution in [0.4, 0.5) is 5.69 Å². The average Bonchev–Trinajstić information content (AvgIpc) is 2.74. The number of hydrogen-bond acceptors (Lipinski definition) is 5. The maximum atomic E-state index is 9.20. The number of benzene rings is 2. The summed E-state index contributed by atoms with van der Waals surface area (Å²) in [6.45, 7) is 5.51. The van der Waals surface area contributed by atoms with Gasteiger partial charge in [0.2, 0.25) is 0 Å². The van der Waals surface area contributed by atoms with Gasteiger partial charge in [-0.25, -0.2) is 0 Å². The lowest BCUT2D eigenvalue weighted by Gasteiger charge is -2.38. The quantitative estimate of drug-likeness (QED) is 0.547. The van der Waals surface area contributed by atoms with Gasteiger partial charge in [-0.2, -0.15) is 0 Å². The Balaban J connectivity index is 1.86. The summed E-state index contributed by atoms with van der Waals surface area (Å²) in [7, 11) is 1.94. The molecule has 2 unspecified atom stereocenters. The summed E-state index contributed by atoms with van der Waals surface area (Å²) >= 11 is 0. The molecule has 6 N–H and O–H groups in total. The van der Waals surface area contributed by atoms with Crippen LogP contribution in [0.3, 0.4) is 0 Å². The van der Waals surface area contributed by atoms with Crippen LogP contribution in [0, 0.1) is 5.41 Å². The summed E-state index contributed by atoms with van der Waals surface area (Å²) in [5, 5.41) is 19.3. The molecule has 2 aliphatic rings. The Morgan fingerprint density at radius 1 is 1.28 bits per heavy atom. The zero-order valence-electron chi connectivity index (χ0n) is 16.6. The number of fused-ring (bicyclic) bond motifs is 1. The van der Waals surface area contributed by atoms with Crippen LogP contribution in [0.1, 0.15) is 28.2 Å². The predicted octanol–water partition coefficient (Wildman–Crippen LogP) is 3.32. The van der Waals surface area contributed by atoms with Crippen LogP contribution in [0.25, 0.3) is 5.70 Å². The van der Waals surface area contributed by atoms with Crippen molar-refractivity contribution < 1.29 is 0 Å². The van der Waals surface area contributed by atoms with Crippen molar-refractivity contribution in [1.82, 2.24) is 10.6 Å². The Hall–Kier alpha value is -3.31. The fraction of sp³-hybridized carbons (Fsp3) is 0.208. The van der Waals surface area contributed by atoms with Crippen LogP contribution < -0.4 is 21.7 Å². The van der Waals surface area contributed by atoms with E-state index in [0.29, 0.717) is 11.4 Å². The largest absolute Gasteiger partial charge is 0.399 e. The first-order valence-electron chi connectivity index (χ1n) is 9.86. The second kappa shape index (κ2) is 7.97. The number of dihydropyridines is 1. The molecule has 5 heteroatoms. The van der Waals surface area contributed by atoms with E-state index in [2.05, 4.69) is 58.9 Å². The minimum atomic E-state index is -0.131. The van der Waals surface area contributed by atoms with Crippen molar-refractivity contribution in [2.45, 2.75) is 18.5 Å². The van der Waals surface area contributed by atoms with Gasteiger partial charge in [0.15, 0.2) is 0 Å². The smallest absolute Gasteiger partial charge is 0.0636 e. The number of hydrogen-bond donors (Lipinski definition) is 5. The Labute approximate surface area is 171 Å². The highest BCUT2D eigenvalue weighted by molar-refractivity contribution is 6.12. The van der Waals surface area contributed by atoms with Gasteiger partial charge < -0.3 is 27.1 Å². The van der Waals surface area contributed by atoms with Crippen LogP contribution in [0.2, 0.25) is 0 Å². The van der Waals surface area contributed by atoms with Gasteiger partial charge in [-0.15, -0.1) is 0 Å². The van der Waals surface area contributed by atoms with E-state index < -0.39 is 0 Å². The van der Waals surface area contributed by atoms with Gasteiger partial charge in [0.1, 0.15) is 0 Å². The maximum absolute atomic E-state index is 9.20. The molecule has 0 bridgehead atoms. The summed E-state index contributed by atoms with van der Waals surface area (Å²) in [4.78, 5) is 0. The molecule has 2 atom stereocenters. The van der Waals surface area contributed by atoms with Gasteiger partial charge in [0.25, 0.3) is 0 Å². The third kappa shape index (κ3) is 3.57.